The summed E-state index contributed by atoms with van der Waals surface area (Å²) in [6, 6.07) is 1.40. The first-order valence-corrected chi connectivity index (χ1v) is 6.55. The molecule has 21 heavy (non-hydrogen) atoms. The van der Waals surface area contributed by atoms with Crippen molar-refractivity contribution in [1.82, 2.24) is 9.78 Å². The Kier molecular flexibility index (Phi) is 4.27. The average Bonchev–Trinajstić information content (AvgIpc) is 2.86. The smallest absolute Gasteiger partial charge is 0.217 e. The molecule has 4 nitrogen and oxygen atoms in total. The number of hydrogen-bond acceptors (Lipinski definition) is 3. The van der Waals surface area contributed by atoms with Crippen LogP contribution in [0.1, 0.15) is 35.9 Å². The van der Waals surface area contributed by atoms with Crippen molar-refractivity contribution in [1.29, 1.82) is 0 Å². The number of carbonyl (C=O) groups excluding carboxylic acids is 1. The van der Waals surface area contributed by atoms with E-state index in [0.29, 0.717) is 0 Å². The van der Waals surface area contributed by atoms with Gasteiger partial charge in [-0.1, -0.05) is 11.6 Å². The number of methoxy groups -OCH3 is 1. The van der Waals surface area contributed by atoms with Crippen LogP contribution >= 0.6 is 11.6 Å². The summed E-state index contributed by atoms with van der Waals surface area (Å²) in [7, 11) is 1.37. The van der Waals surface area contributed by atoms with E-state index in [1.54, 1.807) is 0 Å². The van der Waals surface area contributed by atoms with Crippen LogP contribution in [0.5, 0.6) is 5.75 Å². The molecule has 0 saturated heterocycles. The minimum absolute atomic E-state index is 0.0631. The van der Waals surface area contributed by atoms with Crippen LogP contribution in [0.25, 0.3) is 0 Å². The number of benzene rings is 1. The highest BCUT2D eigenvalue weighted by molar-refractivity contribution is 6.30. The summed E-state index contributed by atoms with van der Waals surface area (Å²) in [5.41, 5.74) is -0.356. The number of carbonyl (C=O) groups is 1. The second kappa shape index (κ2) is 5.81. The first-order valence-electron chi connectivity index (χ1n) is 6.17. The van der Waals surface area contributed by atoms with Crippen molar-refractivity contribution in [3.63, 3.8) is 0 Å². The second-order valence-electron chi connectivity index (χ2n) is 4.68. The van der Waals surface area contributed by atoms with E-state index >= 15 is 0 Å². The molecule has 2 aromatic rings. The van der Waals surface area contributed by atoms with E-state index in [-0.39, 0.29) is 22.5 Å². The summed E-state index contributed by atoms with van der Waals surface area (Å²) < 4.78 is 33.9. The summed E-state index contributed by atoms with van der Waals surface area (Å²) in [5, 5.41) is 3.65. The Bertz CT molecular complexity index is 699. The largest absolute Gasteiger partial charge is 0.493 e. The van der Waals surface area contributed by atoms with Crippen LogP contribution in [-0.4, -0.2) is 22.7 Å². The van der Waals surface area contributed by atoms with Gasteiger partial charge in [-0.2, -0.15) is 5.10 Å². The molecule has 0 bridgehead atoms. The minimum Gasteiger partial charge on any atom is -0.493 e. The van der Waals surface area contributed by atoms with E-state index in [1.807, 2.05) is 13.8 Å². The molecule has 0 radical (unpaired) electrons. The molecule has 0 amide bonds. The number of ether oxygens (including phenoxy) is 1. The van der Waals surface area contributed by atoms with Gasteiger partial charge < -0.3 is 4.74 Å². The van der Waals surface area contributed by atoms with Crippen LogP contribution < -0.4 is 4.74 Å². The number of hydrogen-bond donors (Lipinski definition) is 0. The third-order valence-electron chi connectivity index (χ3n) is 2.94. The molecule has 1 aromatic carbocycles. The van der Waals surface area contributed by atoms with Crippen LogP contribution in [0.15, 0.2) is 18.3 Å². The lowest BCUT2D eigenvalue weighted by atomic mass is 10.1. The molecule has 1 aromatic heterocycles. The van der Waals surface area contributed by atoms with Crippen molar-refractivity contribution < 1.29 is 18.3 Å². The molecule has 0 saturated carbocycles. The average molecular weight is 315 g/mol. The monoisotopic (exact) mass is 314 g/mol. The topological polar surface area (TPSA) is 44.1 Å². The SMILES string of the molecule is COc1cnn(C(C)C)c1C(=O)c1cc(F)c(Cl)cc1F. The molecule has 0 fully saturated rings. The molecule has 112 valence electrons. The molecule has 2 rings (SSSR count). The van der Waals surface area contributed by atoms with Gasteiger partial charge in [-0.25, -0.2) is 8.78 Å². The molecule has 0 aliphatic carbocycles. The Morgan fingerprint density at radius 1 is 1.33 bits per heavy atom. The quantitative estimate of drug-likeness (QED) is 0.639. The van der Waals surface area contributed by atoms with Crippen molar-refractivity contribution in [2.45, 2.75) is 19.9 Å². The third-order valence-corrected chi connectivity index (χ3v) is 3.23. The molecule has 0 atom stereocenters. The zero-order chi connectivity index (χ0) is 15.7. The van der Waals surface area contributed by atoms with E-state index in [4.69, 9.17) is 16.3 Å². The molecule has 1 heterocycles. The zero-order valence-electron chi connectivity index (χ0n) is 11.7. The Morgan fingerprint density at radius 3 is 2.57 bits per heavy atom. The number of rotatable bonds is 4. The standard InChI is InChI=1S/C14H13ClF2N2O2/c1-7(2)19-13(12(21-3)6-18-19)14(20)8-4-11(17)9(15)5-10(8)16/h4-7H,1-3H3. The molecule has 0 aliphatic rings. The maximum atomic E-state index is 13.9. The van der Waals surface area contributed by atoms with Gasteiger partial charge in [-0.15, -0.1) is 0 Å². The van der Waals surface area contributed by atoms with E-state index in [9.17, 15) is 13.6 Å². The van der Waals surface area contributed by atoms with E-state index < -0.39 is 23.0 Å². The van der Waals surface area contributed by atoms with E-state index in [1.165, 1.54) is 18.0 Å². The van der Waals surface area contributed by atoms with Gasteiger partial charge in [0.2, 0.25) is 5.78 Å². The van der Waals surface area contributed by atoms with Crippen LogP contribution in [0.3, 0.4) is 0 Å². The lowest BCUT2D eigenvalue weighted by molar-refractivity contribution is 0.102. The fourth-order valence-electron chi connectivity index (χ4n) is 1.93. The van der Waals surface area contributed by atoms with Crippen molar-refractivity contribution in [3.05, 3.63) is 46.2 Å². The highest BCUT2D eigenvalue weighted by Crippen LogP contribution is 2.27. The molecular formula is C14H13ClF2N2O2. The molecule has 0 spiro atoms. The van der Waals surface area contributed by atoms with Gasteiger partial charge in [0, 0.05) is 6.04 Å². The van der Waals surface area contributed by atoms with Crippen LogP contribution in [0.2, 0.25) is 5.02 Å². The van der Waals surface area contributed by atoms with Gasteiger partial charge in [0.25, 0.3) is 0 Å². The summed E-state index contributed by atoms with van der Waals surface area (Å²) in [6.45, 7) is 3.62. The maximum absolute atomic E-state index is 13.9. The van der Waals surface area contributed by atoms with Gasteiger partial charge in [0.15, 0.2) is 11.4 Å². The normalized spacial score (nSPS) is 11.0. The predicted octanol–water partition coefficient (Wildman–Crippen LogP) is 3.64. The van der Waals surface area contributed by atoms with Crippen molar-refractivity contribution >= 4 is 17.4 Å². The summed E-state index contributed by atoms with van der Waals surface area (Å²) >= 11 is 5.49. The van der Waals surface area contributed by atoms with Gasteiger partial charge in [0.05, 0.1) is 23.9 Å². The zero-order valence-corrected chi connectivity index (χ0v) is 12.4. The number of halogens is 3. The predicted molar refractivity (Wildman–Crippen MR) is 74.0 cm³/mol. The van der Waals surface area contributed by atoms with Gasteiger partial charge >= 0.3 is 0 Å². The van der Waals surface area contributed by atoms with Crippen molar-refractivity contribution in [3.8, 4) is 5.75 Å². The number of aromatic nitrogens is 2. The second-order valence-corrected chi connectivity index (χ2v) is 5.08. The molecule has 0 unspecified atom stereocenters. The van der Waals surface area contributed by atoms with Crippen LogP contribution in [0.4, 0.5) is 8.78 Å². The number of nitrogens with zero attached hydrogens (tertiary/aromatic N) is 2. The first-order chi connectivity index (χ1) is 9.86. The van der Waals surface area contributed by atoms with Crippen LogP contribution in [0, 0.1) is 11.6 Å². The molecular weight excluding hydrogens is 302 g/mol. The Balaban J connectivity index is 2.60. The fraction of sp³-hybridized carbons (Fsp3) is 0.286. The summed E-state index contributed by atoms with van der Waals surface area (Å²) in [5.74, 6) is -2.28. The third kappa shape index (κ3) is 2.76. The maximum Gasteiger partial charge on any atom is 0.217 e. The van der Waals surface area contributed by atoms with E-state index in [2.05, 4.69) is 5.10 Å². The Morgan fingerprint density at radius 2 is 2.00 bits per heavy atom. The van der Waals surface area contributed by atoms with Gasteiger partial charge in [0.1, 0.15) is 11.6 Å². The highest BCUT2D eigenvalue weighted by atomic mass is 35.5. The lowest BCUT2D eigenvalue weighted by Gasteiger charge is -2.12. The van der Waals surface area contributed by atoms with Gasteiger partial charge in [-0.3, -0.25) is 9.48 Å². The van der Waals surface area contributed by atoms with E-state index in [0.717, 1.165) is 12.1 Å². The molecule has 7 heteroatoms. The lowest BCUT2D eigenvalue weighted by Crippen LogP contribution is -2.15. The minimum atomic E-state index is -0.898. The molecule has 0 aliphatic heterocycles. The van der Waals surface area contributed by atoms with Crippen molar-refractivity contribution in [2.24, 2.45) is 0 Å². The van der Waals surface area contributed by atoms with Gasteiger partial charge in [-0.05, 0) is 26.0 Å². The fourth-order valence-corrected chi connectivity index (χ4v) is 2.08. The molecule has 0 N–H and O–H groups in total. The van der Waals surface area contributed by atoms with Crippen LogP contribution in [-0.2, 0) is 0 Å². The number of ketones is 1. The Hall–Kier alpha value is -1.95. The summed E-state index contributed by atoms with van der Waals surface area (Å²) in [6.07, 6.45) is 1.36. The summed E-state index contributed by atoms with van der Waals surface area (Å²) in [4.78, 5) is 12.5. The highest BCUT2D eigenvalue weighted by Gasteiger charge is 2.25. The first kappa shape index (κ1) is 15.4. The van der Waals surface area contributed by atoms with Crippen molar-refractivity contribution in [2.75, 3.05) is 7.11 Å². The Labute approximate surface area is 125 Å².